The number of hydrogen-bond acceptors (Lipinski definition) is 11. The summed E-state index contributed by atoms with van der Waals surface area (Å²) in [4.78, 5) is 48.5. The van der Waals surface area contributed by atoms with Crippen molar-refractivity contribution in [3.05, 3.63) is 63.1 Å². The van der Waals surface area contributed by atoms with Gasteiger partial charge in [0.2, 0.25) is 11.9 Å². The second-order valence-corrected chi connectivity index (χ2v) is 10.9. The van der Waals surface area contributed by atoms with Crippen LogP contribution in [0, 0.1) is 0 Å². The van der Waals surface area contributed by atoms with Gasteiger partial charge in [0.05, 0.1) is 12.2 Å². The van der Waals surface area contributed by atoms with Gasteiger partial charge in [0.25, 0.3) is 0 Å². The van der Waals surface area contributed by atoms with Crippen LogP contribution in [0.5, 0.6) is 5.75 Å². The van der Waals surface area contributed by atoms with Crippen LogP contribution in [0.3, 0.4) is 0 Å². The molecule has 2 aromatic rings. The van der Waals surface area contributed by atoms with Gasteiger partial charge in [-0.3, -0.25) is 19.2 Å². The molecular formula is C31H37BrO11. The molecule has 11 nitrogen and oxygen atoms in total. The minimum Gasteiger partial charge on any atom is -0.493 e. The molecule has 12 heteroatoms. The maximum Gasteiger partial charge on any atom is 0.303 e. The van der Waals surface area contributed by atoms with Crippen molar-refractivity contribution < 1.29 is 52.7 Å². The molecule has 1 aliphatic heterocycles. The van der Waals surface area contributed by atoms with E-state index in [1.54, 1.807) is 19.1 Å². The third kappa shape index (κ3) is 8.55. The third-order valence-corrected chi connectivity index (χ3v) is 7.45. The van der Waals surface area contributed by atoms with Crippen molar-refractivity contribution >= 4 is 39.8 Å². The number of aryl methyl sites for hydroxylation is 1. The van der Waals surface area contributed by atoms with E-state index in [9.17, 15) is 24.3 Å². The smallest absolute Gasteiger partial charge is 0.303 e. The van der Waals surface area contributed by atoms with Gasteiger partial charge >= 0.3 is 23.9 Å². The molecule has 1 fully saturated rings. The molecule has 2 aromatic carbocycles. The Hall–Kier alpha value is -3.48. The lowest BCUT2D eigenvalue weighted by Crippen LogP contribution is -2.66. The summed E-state index contributed by atoms with van der Waals surface area (Å²) in [7, 11) is 0. The first-order valence-electron chi connectivity index (χ1n) is 13.9. The summed E-state index contributed by atoms with van der Waals surface area (Å²) in [6.07, 6.45) is -4.73. The number of rotatable bonds is 11. The molecule has 5 atom stereocenters. The van der Waals surface area contributed by atoms with Gasteiger partial charge in [0.1, 0.15) is 18.5 Å². The van der Waals surface area contributed by atoms with Crippen molar-refractivity contribution in [1.82, 2.24) is 0 Å². The summed E-state index contributed by atoms with van der Waals surface area (Å²) in [5.74, 6) is -5.45. The fourth-order valence-electron chi connectivity index (χ4n) is 4.90. The van der Waals surface area contributed by atoms with Crippen molar-refractivity contribution in [2.24, 2.45) is 0 Å². The molecule has 0 unspecified atom stereocenters. The predicted molar refractivity (Wildman–Crippen MR) is 156 cm³/mol. The molecule has 1 aliphatic rings. The number of ether oxygens (including phenoxy) is 6. The lowest BCUT2D eigenvalue weighted by molar-refractivity contribution is -0.360. The minimum absolute atomic E-state index is 0.0511. The molecule has 1 saturated heterocycles. The lowest BCUT2D eigenvalue weighted by Gasteiger charge is -2.49. The van der Waals surface area contributed by atoms with Crippen LogP contribution in [-0.2, 0) is 61.5 Å². The topological polar surface area (TPSA) is 144 Å². The molecule has 0 aromatic heterocycles. The van der Waals surface area contributed by atoms with Crippen LogP contribution in [0.4, 0.5) is 0 Å². The fraction of sp³-hybridized carbons (Fsp3) is 0.484. The molecule has 1 N–H and O–H groups in total. The van der Waals surface area contributed by atoms with Crippen LogP contribution < -0.4 is 4.74 Å². The van der Waals surface area contributed by atoms with E-state index in [0.29, 0.717) is 10.9 Å². The Bertz CT molecular complexity index is 1330. The first kappa shape index (κ1) is 34.0. The van der Waals surface area contributed by atoms with Gasteiger partial charge in [-0.1, -0.05) is 47.1 Å². The van der Waals surface area contributed by atoms with Crippen LogP contribution in [0.15, 0.2) is 40.9 Å². The number of carbonyl (C=O) groups excluding carboxylic acids is 4. The largest absolute Gasteiger partial charge is 0.493 e. The second-order valence-electron chi connectivity index (χ2n) is 10.1. The first-order chi connectivity index (χ1) is 20.3. The van der Waals surface area contributed by atoms with Crippen molar-refractivity contribution in [2.75, 3.05) is 13.2 Å². The van der Waals surface area contributed by atoms with Gasteiger partial charge in [-0.15, -0.1) is 0 Å². The predicted octanol–water partition coefficient (Wildman–Crippen LogP) is 3.90. The molecule has 0 bridgehead atoms. The SMILES string of the molecule is CCOc1cc(Br)c(Cc2ccc(CC)cc2)cc1[C@]1(O)O[C@H](COC(C)=O)[C@@H](OC(C)=O)[C@H](OC(C)=O)[C@H]1OC(C)=O. The Labute approximate surface area is 258 Å². The Morgan fingerprint density at radius 2 is 1.44 bits per heavy atom. The highest BCUT2D eigenvalue weighted by molar-refractivity contribution is 9.10. The van der Waals surface area contributed by atoms with Gasteiger partial charge in [-0.2, -0.15) is 0 Å². The zero-order chi connectivity index (χ0) is 31.9. The van der Waals surface area contributed by atoms with Gasteiger partial charge in [0, 0.05) is 32.2 Å². The first-order valence-corrected chi connectivity index (χ1v) is 14.7. The highest BCUT2D eigenvalue weighted by atomic mass is 79.9. The summed E-state index contributed by atoms with van der Waals surface area (Å²) in [6, 6.07) is 11.4. The highest BCUT2D eigenvalue weighted by Gasteiger charge is 2.61. The van der Waals surface area contributed by atoms with Crippen molar-refractivity contribution in [1.29, 1.82) is 0 Å². The molecule has 3 rings (SSSR count). The number of hydrogen-bond donors (Lipinski definition) is 1. The Kier molecular flexibility index (Phi) is 11.7. The average molecular weight is 666 g/mol. The van der Waals surface area contributed by atoms with Gasteiger partial charge < -0.3 is 33.5 Å². The van der Waals surface area contributed by atoms with E-state index in [4.69, 9.17) is 28.4 Å². The molecule has 0 amide bonds. The van der Waals surface area contributed by atoms with E-state index in [0.717, 1.165) is 38.3 Å². The average Bonchev–Trinajstić information content (AvgIpc) is 2.92. The maximum absolute atomic E-state index is 12.4. The summed E-state index contributed by atoms with van der Waals surface area (Å²) in [5, 5.41) is 12.4. The Morgan fingerprint density at radius 3 is 1.98 bits per heavy atom. The quantitative estimate of drug-likeness (QED) is 0.276. The van der Waals surface area contributed by atoms with E-state index in [1.165, 1.54) is 12.5 Å². The molecule has 0 aliphatic carbocycles. The number of esters is 4. The molecule has 0 spiro atoms. The maximum atomic E-state index is 12.4. The number of aliphatic hydroxyl groups is 1. The van der Waals surface area contributed by atoms with Gasteiger partial charge in [-0.05, 0) is 48.6 Å². The number of benzene rings is 2. The van der Waals surface area contributed by atoms with E-state index < -0.39 is 60.7 Å². The van der Waals surface area contributed by atoms with Crippen molar-refractivity contribution in [2.45, 2.75) is 84.6 Å². The third-order valence-electron chi connectivity index (χ3n) is 6.71. The van der Waals surface area contributed by atoms with Gasteiger partial charge in [-0.25, -0.2) is 0 Å². The number of halogens is 1. The summed E-state index contributed by atoms with van der Waals surface area (Å²) in [5.41, 5.74) is 2.95. The monoisotopic (exact) mass is 664 g/mol. The molecule has 234 valence electrons. The molecular weight excluding hydrogens is 628 g/mol. The van der Waals surface area contributed by atoms with Crippen LogP contribution in [0.2, 0.25) is 0 Å². The molecule has 43 heavy (non-hydrogen) atoms. The standard InChI is InChI=1S/C31H37BrO11/c1-7-21-9-11-22(12-10-21)13-23-14-24(26(38-8-2)15-25(23)32)31(37)30(42-20(6)36)29(41-19(5)35)28(40-18(4)34)27(43-31)16-39-17(3)33/h9-12,14-15,27-30,37H,7-8,13,16H2,1-6H3/t27-,28-,29+,30-,31+/m1/s1. The Morgan fingerprint density at radius 1 is 0.860 bits per heavy atom. The lowest BCUT2D eigenvalue weighted by atomic mass is 9.86. The molecule has 1 heterocycles. The van der Waals surface area contributed by atoms with Crippen LogP contribution in [-0.4, -0.2) is 66.6 Å². The van der Waals surface area contributed by atoms with E-state index in [1.807, 2.05) is 24.3 Å². The van der Waals surface area contributed by atoms with E-state index in [2.05, 4.69) is 22.9 Å². The zero-order valence-electron chi connectivity index (χ0n) is 25.0. The van der Waals surface area contributed by atoms with Crippen LogP contribution in [0.1, 0.15) is 63.8 Å². The summed E-state index contributed by atoms with van der Waals surface area (Å²) < 4.78 is 34.4. The highest BCUT2D eigenvalue weighted by Crippen LogP contribution is 2.45. The Balaban J connectivity index is 2.24. The van der Waals surface area contributed by atoms with E-state index >= 15 is 0 Å². The normalized spacial score (nSPS) is 23.2. The fourth-order valence-corrected chi connectivity index (χ4v) is 5.36. The second kappa shape index (κ2) is 14.8. The van der Waals surface area contributed by atoms with Crippen molar-refractivity contribution in [3.8, 4) is 5.75 Å². The molecule has 0 radical (unpaired) electrons. The zero-order valence-corrected chi connectivity index (χ0v) is 26.6. The number of carbonyl (C=O) groups is 4. The van der Waals surface area contributed by atoms with E-state index in [-0.39, 0.29) is 17.9 Å². The van der Waals surface area contributed by atoms with Gasteiger partial charge in [0.15, 0.2) is 12.2 Å². The minimum atomic E-state index is -2.53. The van der Waals surface area contributed by atoms with Crippen molar-refractivity contribution in [3.63, 3.8) is 0 Å². The molecule has 0 saturated carbocycles. The summed E-state index contributed by atoms with van der Waals surface area (Å²) in [6.45, 7) is 8.03. The van der Waals surface area contributed by atoms with Crippen LogP contribution in [0.25, 0.3) is 0 Å². The summed E-state index contributed by atoms with van der Waals surface area (Å²) >= 11 is 3.60. The van der Waals surface area contributed by atoms with Crippen LogP contribution >= 0.6 is 15.9 Å².